The Kier molecular flexibility index (Phi) is 7.50. The van der Waals surface area contributed by atoms with Crippen LogP contribution in [0, 0.1) is 5.41 Å². The van der Waals surface area contributed by atoms with Crippen molar-refractivity contribution in [2.24, 2.45) is 5.41 Å². The Morgan fingerprint density at radius 2 is 2.19 bits per heavy atom. The van der Waals surface area contributed by atoms with Crippen molar-refractivity contribution in [2.45, 2.75) is 39.0 Å². The average Bonchev–Trinajstić information content (AvgIpc) is 2.25. The molecule has 0 unspecified atom stereocenters. The molecule has 0 aromatic heterocycles. The summed E-state index contributed by atoms with van der Waals surface area (Å²) in [7, 11) is 1.81. The molecule has 0 bridgehead atoms. The van der Waals surface area contributed by atoms with Crippen molar-refractivity contribution in [1.29, 1.82) is 0 Å². The SMILES string of the molecule is CCSCCCNCC1(CCOC)CCC1. The van der Waals surface area contributed by atoms with Crippen LogP contribution in [0.25, 0.3) is 0 Å². The van der Waals surface area contributed by atoms with Crippen LogP contribution in [0.2, 0.25) is 0 Å². The Morgan fingerprint density at radius 3 is 2.75 bits per heavy atom. The van der Waals surface area contributed by atoms with Gasteiger partial charge in [-0.05, 0) is 49.1 Å². The number of rotatable bonds is 10. The molecule has 1 N–H and O–H groups in total. The van der Waals surface area contributed by atoms with Crippen molar-refractivity contribution >= 4 is 11.8 Å². The first-order valence-corrected chi connectivity index (χ1v) is 7.76. The smallest absolute Gasteiger partial charge is 0.0468 e. The highest BCUT2D eigenvalue weighted by molar-refractivity contribution is 7.99. The summed E-state index contributed by atoms with van der Waals surface area (Å²) < 4.78 is 5.20. The minimum atomic E-state index is 0.577. The summed E-state index contributed by atoms with van der Waals surface area (Å²) in [5.41, 5.74) is 0.577. The number of nitrogens with one attached hydrogen (secondary N) is 1. The van der Waals surface area contributed by atoms with Crippen LogP contribution in [0.4, 0.5) is 0 Å². The van der Waals surface area contributed by atoms with Crippen molar-refractivity contribution in [3.63, 3.8) is 0 Å². The Morgan fingerprint density at radius 1 is 1.38 bits per heavy atom. The van der Waals surface area contributed by atoms with E-state index in [9.17, 15) is 0 Å². The highest BCUT2D eigenvalue weighted by Gasteiger charge is 2.35. The maximum absolute atomic E-state index is 5.20. The second-order valence-electron chi connectivity index (χ2n) is 4.82. The van der Waals surface area contributed by atoms with Gasteiger partial charge in [-0.1, -0.05) is 13.3 Å². The van der Waals surface area contributed by atoms with Crippen molar-refractivity contribution in [3.05, 3.63) is 0 Å². The molecule has 2 nitrogen and oxygen atoms in total. The van der Waals surface area contributed by atoms with Crippen LogP contribution in [0.5, 0.6) is 0 Å². The molecular weight excluding hydrogens is 218 g/mol. The molecule has 0 aromatic carbocycles. The fourth-order valence-corrected chi connectivity index (χ4v) is 2.94. The van der Waals surface area contributed by atoms with Crippen LogP contribution in [-0.2, 0) is 4.74 Å². The molecule has 0 saturated heterocycles. The fraction of sp³-hybridized carbons (Fsp3) is 1.00. The molecule has 1 saturated carbocycles. The maximum atomic E-state index is 5.20. The molecule has 0 radical (unpaired) electrons. The summed E-state index contributed by atoms with van der Waals surface area (Å²) in [5.74, 6) is 2.55. The van der Waals surface area contributed by atoms with Crippen LogP contribution in [0.15, 0.2) is 0 Å². The van der Waals surface area contributed by atoms with E-state index in [1.807, 2.05) is 18.9 Å². The van der Waals surface area contributed by atoms with E-state index in [2.05, 4.69) is 12.2 Å². The summed E-state index contributed by atoms with van der Waals surface area (Å²) in [6.07, 6.45) is 6.75. The zero-order valence-electron chi connectivity index (χ0n) is 10.9. The van der Waals surface area contributed by atoms with Gasteiger partial charge in [-0.3, -0.25) is 0 Å². The van der Waals surface area contributed by atoms with E-state index in [1.165, 1.54) is 56.7 Å². The van der Waals surface area contributed by atoms with E-state index in [-0.39, 0.29) is 0 Å². The second kappa shape index (κ2) is 8.37. The average molecular weight is 245 g/mol. The zero-order valence-corrected chi connectivity index (χ0v) is 11.7. The first kappa shape index (κ1) is 14.3. The third-order valence-electron chi connectivity index (χ3n) is 3.60. The molecular formula is C13H27NOS. The predicted molar refractivity (Wildman–Crippen MR) is 73.3 cm³/mol. The molecule has 0 heterocycles. The maximum Gasteiger partial charge on any atom is 0.0468 e. The molecule has 16 heavy (non-hydrogen) atoms. The minimum Gasteiger partial charge on any atom is -0.385 e. The van der Waals surface area contributed by atoms with E-state index < -0.39 is 0 Å². The molecule has 0 amide bonds. The molecule has 0 spiro atoms. The van der Waals surface area contributed by atoms with Gasteiger partial charge in [0, 0.05) is 20.3 Å². The lowest BCUT2D eigenvalue weighted by molar-refractivity contribution is 0.0694. The van der Waals surface area contributed by atoms with E-state index in [0.717, 1.165) is 6.61 Å². The van der Waals surface area contributed by atoms with Crippen molar-refractivity contribution in [3.8, 4) is 0 Å². The number of thioether (sulfide) groups is 1. The number of methoxy groups -OCH3 is 1. The van der Waals surface area contributed by atoms with E-state index in [0.29, 0.717) is 5.41 Å². The van der Waals surface area contributed by atoms with Crippen molar-refractivity contribution < 1.29 is 4.74 Å². The third kappa shape index (κ3) is 5.07. The highest BCUT2D eigenvalue weighted by atomic mass is 32.2. The molecule has 1 aliphatic rings. The molecule has 1 fully saturated rings. The predicted octanol–water partition coefficient (Wildman–Crippen LogP) is 2.93. The third-order valence-corrected chi connectivity index (χ3v) is 4.58. The largest absolute Gasteiger partial charge is 0.385 e. The summed E-state index contributed by atoms with van der Waals surface area (Å²) in [6.45, 7) is 5.54. The molecule has 1 aliphatic carbocycles. The second-order valence-corrected chi connectivity index (χ2v) is 6.22. The van der Waals surface area contributed by atoms with Gasteiger partial charge in [0.2, 0.25) is 0 Å². The molecule has 0 aromatic rings. The van der Waals surface area contributed by atoms with Gasteiger partial charge in [0.05, 0.1) is 0 Å². The van der Waals surface area contributed by atoms with Gasteiger partial charge in [0.25, 0.3) is 0 Å². The Bertz CT molecular complexity index is 171. The van der Waals surface area contributed by atoms with Crippen LogP contribution in [0.3, 0.4) is 0 Å². The number of hydrogen-bond donors (Lipinski definition) is 1. The van der Waals surface area contributed by atoms with Gasteiger partial charge >= 0.3 is 0 Å². The fourth-order valence-electron chi connectivity index (χ4n) is 2.31. The Labute approximate surface area is 105 Å². The lowest BCUT2D eigenvalue weighted by atomic mass is 9.67. The Hall–Kier alpha value is 0.270. The molecule has 0 aliphatic heterocycles. The van der Waals surface area contributed by atoms with Crippen molar-refractivity contribution in [1.82, 2.24) is 5.32 Å². The molecule has 1 rings (SSSR count). The van der Waals surface area contributed by atoms with Crippen LogP contribution >= 0.6 is 11.8 Å². The van der Waals surface area contributed by atoms with Crippen LogP contribution in [-0.4, -0.2) is 38.3 Å². The van der Waals surface area contributed by atoms with Gasteiger partial charge in [0.15, 0.2) is 0 Å². The minimum absolute atomic E-state index is 0.577. The van der Waals surface area contributed by atoms with Gasteiger partial charge < -0.3 is 10.1 Å². The van der Waals surface area contributed by atoms with E-state index in [1.54, 1.807) is 0 Å². The monoisotopic (exact) mass is 245 g/mol. The van der Waals surface area contributed by atoms with Gasteiger partial charge in [-0.15, -0.1) is 0 Å². The lowest BCUT2D eigenvalue weighted by Gasteiger charge is -2.42. The summed E-state index contributed by atoms with van der Waals surface area (Å²) in [4.78, 5) is 0. The van der Waals surface area contributed by atoms with Crippen molar-refractivity contribution in [2.75, 3.05) is 38.3 Å². The van der Waals surface area contributed by atoms with Gasteiger partial charge in [-0.25, -0.2) is 0 Å². The molecule has 96 valence electrons. The normalized spacial score (nSPS) is 18.4. The van der Waals surface area contributed by atoms with Gasteiger partial charge in [0.1, 0.15) is 0 Å². The quantitative estimate of drug-likeness (QED) is 0.598. The Balaban J connectivity index is 2.00. The zero-order chi connectivity index (χ0) is 11.7. The lowest BCUT2D eigenvalue weighted by Crippen LogP contribution is -2.41. The molecule has 0 atom stereocenters. The van der Waals surface area contributed by atoms with E-state index in [4.69, 9.17) is 4.74 Å². The number of ether oxygens (including phenoxy) is 1. The van der Waals surface area contributed by atoms with E-state index >= 15 is 0 Å². The highest BCUT2D eigenvalue weighted by Crippen LogP contribution is 2.43. The number of hydrogen-bond acceptors (Lipinski definition) is 3. The van der Waals surface area contributed by atoms with Gasteiger partial charge in [-0.2, -0.15) is 11.8 Å². The van der Waals surface area contributed by atoms with Crippen LogP contribution in [0.1, 0.15) is 39.0 Å². The first-order chi connectivity index (χ1) is 7.83. The summed E-state index contributed by atoms with van der Waals surface area (Å²) >= 11 is 2.04. The molecule has 3 heteroatoms. The first-order valence-electron chi connectivity index (χ1n) is 6.60. The van der Waals surface area contributed by atoms with Crippen LogP contribution < -0.4 is 5.32 Å². The summed E-state index contributed by atoms with van der Waals surface area (Å²) in [5, 5.41) is 3.63. The summed E-state index contributed by atoms with van der Waals surface area (Å²) in [6, 6.07) is 0. The standard InChI is InChI=1S/C13H27NOS/c1-3-16-11-5-9-14-12-13(6-4-7-13)8-10-15-2/h14H,3-12H2,1-2H3. The topological polar surface area (TPSA) is 21.3 Å².